The molecule has 1 aromatic rings. The first-order valence-corrected chi connectivity index (χ1v) is 8.24. The Bertz CT molecular complexity index is 630. The number of sulfonamides is 1. The van der Waals surface area contributed by atoms with Crippen LogP contribution in [-0.2, 0) is 14.8 Å². The summed E-state index contributed by atoms with van der Waals surface area (Å²) in [6.45, 7) is 3.82. The molecule has 1 atom stereocenters. The summed E-state index contributed by atoms with van der Waals surface area (Å²) in [6, 6.07) is 1.87. The highest BCUT2D eigenvalue weighted by molar-refractivity contribution is 7.89. The molecule has 22 heavy (non-hydrogen) atoms. The fraction of sp³-hybridized carbons (Fsp3) is 0.500. The van der Waals surface area contributed by atoms with E-state index in [9.17, 15) is 17.6 Å². The van der Waals surface area contributed by atoms with Gasteiger partial charge in [-0.15, -0.1) is 0 Å². The zero-order chi connectivity index (χ0) is 16.9. The van der Waals surface area contributed by atoms with Crippen LogP contribution in [0.15, 0.2) is 23.1 Å². The predicted octanol–water partition coefficient (Wildman–Crippen LogP) is 2.00. The molecule has 0 spiro atoms. The van der Waals surface area contributed by atoms with Crippen LogP contribution in [0.25, 0.3) is 0 Å². The number of hydrogen-bond donors (Lipinski definition) is 2. The minimum atomic E-state index is -4.13. The van der Waals surface area contributed by atoms with Crippen LogP contribution < -0.4 is 9.46 Å². The number of halogens is 1. The molecule has 0 aliphatic carbocycles. The molecule has 124 valence electrons. The zero-order valence-electron chi connectivity index (χ0n) is 12.7. The van der Waals surface area contributed by atoms with Crippen molar-refractivity contribution in [2.75, 3.05) is 7.11 Å². The van der Waals surface area contributed by atoms with Gasteiger partial charge >= 0.3 is 5.97 Å². The molecular weight excluding hydrogens is 313 g/mol. The van der Waals surface area contributed by atoms with E-state index in [1.54, 1.807) is 0 Å². The van der Waals surface area contributed by atoms with Crippen molar-refractivity contribution in [3.63, 3.8) is 0 Å². The lowest BCUT2D eigenvalue weighted by atomic mass is 10.0. The topological polar surface area (TPSA) is 92.7 Å². The third kappa shape index (κ3) is 4.96. The van der Waals surface area contributed by atoms with Crippen molar-refractivity contribution in [1.82, 2.24) is 4.72 Å². The van der Waals surface area contributed by atoms with Crippen LogP contribution in [0.4, 0.5) is 4.39 Å². The molecule has 0 fully saturated rings. The van der Waals surface area contributed by atoms with E-state index in [-0.39, 0.29) is 23.0 Å². The average molecular weight is 333 g/mol. The second kappa shape index (κ2) is 7.55. The first-order valence-electron chi connectivity index (χ1n) is 6.76. The largest absolute Gasteiger partial charge is 0.494 e. The maximum absolute atomic E-state index is 13.6. The molecule has 1 aromatic carbocycles. The van der Waals surface area contributed by atoms with Crippen molar-refractivity contribution >= 4 is 16.0 Å². The van der Waals surface area contributed by atoms with E-state index in [0.29, 0.717) is 6.42 Å². The van der Waals surface area contributed by atoms with Crippen molar-refractivity contribution < 1.29 is 27.4 Å². The van der Waals surface area contributed by atoms with E-state index >= 15 is 0 Å². The van der Waals surface area contributed by atoms with E-state index in [2.05, 4.69) is 4.72 Å². The Morgan fingerprint density at radius 3 is 2.45 bits per heavy atom. The third-order valence-electron chi connectivity index (χ3n) is 3.06. The summed E-state index contributed by atoms with van der Waals surface area (Å²) < 4.78 is 44.7. The van der Waals surface area contributed by atoms with Crippen LogP contribution in [-0.4, -0.2) is 32.6 Å². The molecule has 0 radical (unpaired) electrons. The third-order valence-corrected chi connectivity index (χ3v) is 4.53. The van der Waals surface area contributed by atoms with Crippen LogP contribution >= 0.6 is 0 Å². The number of rotatable bonds is 8. The van der Waals surface area contributed by atoms with Gasteiger partial charge in [0.05, 0.1) is 12.0 Å². The van der Waals surface area contributed by atoms with Gasteiger partial charge in [-0.05, 0) is 37.0 Å². The summed E-state index contributed by atoms with van der Waals surface area (Å²) in [4.78, 5) is 10.8. The molecule has 0 aromatic heterocycles. The van der Waals surface area contributed by atoms with Gasteiger partial charge in [-0.2, -0.15) is 4.72 Å². The summed E-state index contributed by atoms with van der Waals surface area (Å²) in [6.07, 6.45) is 0.710. The number of carbonyl (C=O) groups is 1. The smallest absolute Gasteiger partial charge is 0.321 e. The maximum Gasteiger partial charge on any atom is 0.321 e. The zero-order valence-corrected chi connectivity index (χ0v) is 13.5. The lowest BCUT2D eigenvalue weighted by molar-refractivity contribution is -0.139. The number of carboxylic acid groups (broad SMARTS) is 1. The standard InChI is InChI=1S/C14H20FNO5S/c1-9(2)4-6-12(14(17)18)16-22(19,20)10-5-7-13(21-3)11(15)8-10/h5,7-9,12,16H,4,6H2,1-3H3,(H,17,18)/t12-/m1/s1. The lowest BCUT2D eigenvalue weighted by Crippen LogP contribution is -2.40. The molecule has 0 heterocycles. The number of ether oxygens (including phenoxy) is 1. The normalized spacial score (nSPS) is 13.1. The quantitative estimate of drug-likeness (QED) is 0.759. The van der Waals surface area contributed by atoms with Gasteiger partial charge in [0, 0.05) is 0 Å². The van der Waals surface area contributed by atoms with Gasteiger partial charge in [-0.25, -0.2) is 12.8 Å². The van der Waals surface area contributed by atoms with Gasteiger partial charge in [0.25, 0.3) is 0 Å². The molecular formula is C14H20FNO5S. The van der Waals surface area contributed by atoms with Crippen molar-refractivity contribution in [3.8, 4) is 5.75 Å². The lowest BCUT2D eigenvalue weighted by Gasteiger charge is -2.16. The Kier molecular flexibility index (Phi) is 6.31. The molecule has 0 bridgehead atoms. The summed E-state index contributed by atoms with van der Waals surface area (Å²) in [5.41, 5.74) is 0. The van der Waals surface area contributed by atoms with Gasteiger partial charge in [0.1, 0.15) is 6.04 Å². The first kappa shape index (κ1) is 18.4. The molecule has 6 nitrogen and oxygen atoms in total. The molecule has 1 rings (SSSR count). The molecule has 0 amide bonds. The van der Waals surface area contributed by atoms with E-state index in [1.165, 1.54) is 13.2 Å². The minimum absolute atomic E-state index is 0.0893. The van der Waals surface area contributed by atoms with Crippen LogP contribution in [0.5, 0.6) is 5.75 Å². The van der Waals surface area contributed by atoms with E-state index in [0.717, 1.165) is 12.1 Å². The van der Waals surface area contributed by atoms with E-state index in [4.69, 9.17) is 9.84 Å². The number of benzene rings is 1. The number of hydrogen-bond acceptors (Lipinski definition) is 4. The highest BCUT2D eigenvalue weighted by atomic mass is 32.2. The SMILES string of the molecule is COc1ccc(S(=O)(=O)N[C@H](CCC(C)C)C(=O)O)cc1F. The summed E-state index contributed by atoms with van der Waals surface area (Å²) >= 11 is 0. The molecule has 0 unspecified atom stereocenters. The monoisotopic (exact) mass is 333 g/mol. The Labute approximate surface area is 129 Å². The van der Waals surface area contributed by atoms with Crippen molar-refractivity contribution in [3.05, 3.63) is 24.0 Å². The molecule has 8 heteroatoms. The molecule has 2 N–H and O–H groups in total. The Morgan fingerprint density at radius 1 is 1.36 bits per heavy atom. The Morgan fingerprint density at radius 2 is 2.00 bits per heavy atom. The van der Waals surface area contributed by atoms with Crippen LogP contribution in [0.3, 0.4) is 0 Å². The number of nitrogens with one attached hydrogen (secondary N) is 1. The van der Waals surface area contributed by atoms with Gasteiger partial charge in [0.2, 0.25) is 10.0 Å². The average Bonchev–Trinajstić information content (AvgIpc) is 2.42. The van der Waals surface area contributed by atoms with Crippen molar-refractivity contribution in [2.45, 2.75) is 37.6 Å². The first-order chi connectivity index (χ1) is 10.2. The van der Waals surface area contributed by atoms with E-state index < -0.39 is 27.9 Å². The fourth-order valence-corrected chi connectivity index (χ4v) is 3.04. The summed E-state index contributed by atoms with van der Waals surface area (Å²) in [5.74, 6) is -1.95. The predicted molar refractivity (Wildman–Crippen MR) is 78.8 cm³/mol. The Hall–Kier alpha value is -1.67. The molecule has 0 saturated carbocycles. The van der Waals surface area contributed by atoms with Crippen LogP contribution in [0.2, 0.25) is 0 Å². The van der Waals surface area contributed by atoms with Gasteiger partial charge in [0.15, 0.2) is 11.6 Å². The Balaban J connectivity index is 2.97. The number of carboxylic acids is 1. The second-order valence-corrected chi connectivity index (χ2v) is 6.99. The van der Waals surface area contributed by atoms with Crippen LogP contribution in [0, 0.1) is 11.7 Å². The van der Waals surface area contributed by atoms with E-state index in [1.807, 2.05) is 13.8 Å². The summed E-state index contributed by atoms with van der Waals surface area (Å²) in [5, 5.41) is 9.11. The minimum Gasteiger partial charge on any atom is -0.494 e. The maximum atomic E-state index is 13.6. The molecule has 0 aliphatic rings. The number of aliphatic carboxylic acids is 1. The molecule has 0 saturated heterocycles. The highest BCUT2D eigenvalue weighted by Gasteiger charge is 2.26. The second-order valence-electron chi connectivity index (χ2n) is 5.28. The van der Waals surface area contributed by atoms with Crippen molar-refractivity contribution in [2.24, 2.45) is 5.92 Å². The summed E-state index contributed by atoms with van der Waals surface area (Å²) in [7, 11) is -2.87. The van der Waals surface area contributed by atoms with Gasteiger partial charge in [-0.1, -0.05) is 13.8 Å². The van der Waals surface area contributed by atoms with Gasteiger partial charge < -0.3 is 9.84 Å². The van der Waals surface area contributed by atoms with Crippen LogP contribution in [0.1, 0.15) is 26.7 Å². The van der Waals surface area contributed by atoms with Crippen molar-refractivity contribution in [1.29, 1.82) is 0 Å². The highest BCUT2D eigenvalue weighted by Crippen LogP contribution is 2.21. The fourth-order valence-electron chi connectivity index (χ4n) is 1.80. The van der Waals surface area contributed by atoms with Gasteiger partial charge in [-0.3, -0.25) is 4.79 Å². The molecule has 0 aliphatic heterocycles. The number of methoxy groups -OCH3 is 1.